The summed E-state index contributed by atoms with van der Waals surface area (Å²) in [6.07, 6.45) is 3.51. The summed E-state index contributed by atoms with van der Waals surface area (Å²) in [6, 6.07) is 19.0. The van der Waals surface area contributed by atoms with Crippen LogP contribution in [0.3, 0.4) is 0 Å². The zero-order valence-electron chi connectivity index (χ0n) is 30.0. The second kappa shape index (κ2) is 13.0. The number of imide groups is 2. The summed E-state index contributed by atoms with van der Waals surface area (Å²) >= 11 is 6.36. The molecule has 2 atom stereocenters. The predicted molar refractivity (Wildman–Crippen MR) is 200 cm³/mol. The largest absolute Gasteiger partial charge is 0.371 e. The van der Waals surface area contributed by atoms with E-state index >= 15 is 0 Å². The van der Waals surface area contributed by atoms with E-state index in [1.165, 1.54) is 0 Å². The van der Waals surface area contributed by atoms with Gasteiger partial charge in [0.05, 0.1) is 21.7 Å². The topological polar surface area (TPSA) is 137 Å². The highest BCUT2D eigenvalue weighted by atomic mass is 35.5. The predicted octanol–water partition coefficient (Wildman–Crippen LogP) is 4.34. The Hall–Kier alpha value is -5.25. The number of nitrogens with zero attached hydrogens (tertiary/aromatic N) is 6. The molecule has 0 aliphatic carbocycles. The van der Waals surface area contributed by atoms with Crippen LogP contribution in [0.5, 0.6) is 0 Å². The second-order valence-electron chi connectivity index (χ2n) is 15.9. The molecule has 9 rings (SSSR count). The molecular formula is C41H40ClN7O5. The maximum atomic E-state index is 13.4. The number of fused-ring (bicyclic) bond motifs is 2. The Kier molecular flexibility index (Phi) is 8.28. The number of rotatable bonds is 5. The van der Waals surface area contributed by atoms with Crippen molar-refractivity contribution in [2.24, 2.45) is 5.41 Å². The molecule has 3 aromatic carbocycles. The number of benzene rings is 3. The molecule has 13 heteroatoms. The van der Waals surface area contributed by atoms with Gasteiger partial charge in [0.1, 0.15) is 12.1 Å². The average molecular weight is 746 g/mol. The Morgan fingerprint density at radius 3 is 2.17 bits per heavy atom. The van der Waals surface area contributed by atoms with Crippen LogP contribution in [0.4, 0.5) is 11.4 Å². The first-order chi connectivity index (χ1) is 26.0. The molecule has 12 nitrogen and oxygen atoms in total. The zero-order valence-corrected chi connectivity index (χ0v) is 30.8. The minimum Gasteiger partial charge on any atom is -0.371 e. The third-order valence-electron chi connectivity index (χ3n) is 12.6. The zero-order chi connectivity index (χ0) is 37.5. The van der Waals surface area contributed by atoms with E-state index in [2.05, 4.69) is 45.1 Å². The van der Waals surface area contributed by atoms with E-state index in [1.807, 2.05) is 35.2 Å². The fraction of sp³-hybridized carbons (Fsp3) is 0.415. The Labute approximate surface area is 318 Å². The molecular weight excluding hydrogens is 706 g/mol. The Bertz CT molecular complexity index is 2120. The van der Waals surface area contributed by atoms with Crippen LogP contribution in [0.2, 0.25) is 5.02 Å². The number of nitrogens with one attached hydrogen (secondary N) is 1. The van der Waals surface area contributed by atoms with Gasteiger partial charge in [0, 0.05) is 81.3 Å². The standard InChI is InChI=1S/C41H40ClN7O5/c1-24-17-41(23-48(24)30-7-4-26(18-43)34(42)16-30)10-12-45(13-11-41)29-5-2-25(3-6-29)38(52)47-21-31(22-47)46-19-27-14-32-33(15-28(27)20-46)40(54)49(39(32)53)35-8-9-36(50)44-37(35)51/h2-7,14-16,24,31,35H,8-13,17,19-23H2,1H3,(H,44,50,51). The molecule has 2 unspecified atom stereocenters. The highest BCUT2D eigenvalue weighted by Crippen LogP contribution is 2.46. The molecule has 6 aliphatic rings. The SMILES string of the molecule is CC1CC2(CCN(c3ccc(C(=O)N4CC(N5Cc6cc7c(cc6C5)C(=O)N(C5CCC(=O)NC5=O)C7=O)C4)cc3)CC2)CN1c1ccc(C#N)c(Cl)c1. The highest BCUT2D eigenvalue weighted by molar-refractivity contribution is 6.32. The van der Waals surface area contributed by atoms with Gasteiger partial charge in [-0.05, 0) is 104 Å². The van der Waals surface area contributed by atoms with Gasteiger partial charge in [0.15, 0.2) is 0 Å². The third-order valence-corrected chi connectivity index (χ3v) is 13.0. The van der Waals surface area contributed by atoms with Gasteiger partial charge in [-0.1, -0.05) is 11.6 Å². The van der Waals surface area contributed by atoms with Crippen molar-refractivity contribution in [3.8, 4) is 6.07 Å². The number of nitriles is 1. The van der Waals surface area contributed by atoms with E-state index < -0.39 is 29.7 Å². The molecule has 6 aliphatic heterocycles. The summed E-state index contributed by atoms with van der Waals surface area (Å²) < 4.78 is 0. The third kappa shape index (κ3) is 5.72. The van der Waals surface area contributed by atoms with E-state index in [0.29, 0.717) is 59.5 Å². The monoisotopic (exact) mass is 745 g/mol. The number of carbonyl (C=O) groups is 5. The summed E-state index contributed by atoms with van der Waals surface area (Å²) in [5, 5.41) is 12.0. The molecule has 1 N–H and O–H groups in total. The fourth-order valence-corrected chi connectivity index (χ4v) is 9.76. The summed E-state index contributed by atoms with van der Waals surface area (Å²) in [5.41, 5.74) is 6.16. The van der Waals surface area contributed by atoms with E-state index in [9.17, 15) is 29.2 Å². The van der Waals surface area contributed by atoms with Gasteiger partial charge in [0.2, 0.25) is 11.8 Å². The highest BCUT2D eigenvalue weighted by Gasteiger charge is 2.47. The first-order valence-electron chi connectivity index (χ1n) is 18.7. The molecule has 6 heterocycles. The maximum Gasteiger partial charge on any atom is 0.262 e. The summed E-state index contributed by atoms with van der Waals surface area (Å²) in [6.45, 7) is 7.59. The van der Waals surface area contributed by atoms with Gasteiger partial charge in [-0.25, -0.2) is 0 Å². The van der Waals surface area contributed by atoms with E-state index in [4.69, 9.17) is 11.6 Å². The molecule has 1 spiro atoms. The summed E-state index contributed by atoms with van der Waals surface area (Å²) in [7, 11) is 0. The Balaban J connectivity index is 0.772. The minimum absolute atomic E-state index is 0.0127. The number of halogens is 1. The van der Waals surface area contributed by atoms with Crippen LogP contribution in [0.15, 0.2) is 54.6 Å². The molecule has 276 valence electrons. The van der Waals surface area contributed by atoms with Gasteiger partial charge in [-0.2, -0.15) is 5.26 Å². The van der Waals surface area contributed by atoms with Crippen LogP contribution in [-0.4, -0.2) is 95.1 Å². The number of piperidine rings is 2. The molecule has 0 radical (unpaired) electrons. The second-order valence-corrected chi connectivity index (χ2v) is 16.3. The van der Waals surface area contributed by atoms with E-state index in [-0.39, 0.29) is 30.2 Å². The lowest BCUT2D eigenvalue weighted by Gasteiger charge is -2.44. The quantitative estimate of drug-likeness (QED) is 0.379. The van der Waals surface area contributed by atoms with Crippen molar-refractivity contribution in [1.82, 2.24) is 20.0 Å². The van der Waals surface area contributed by atoms with Crippen molar-refractivity contribution in [3.05, 3.63) is 93.0 Å². The molecule has 3 aromatic rings. The fourth-order valence-electron chi connectivity index (χ4n) is 9.54. The van der Waals surface area contributed by atoms with Gasteiger partial charge < -0.3 is 14.7 Å². The number of hydrogen-bond acceptors (Lipinski definition) is 9. The molecule has 0 aromatic heterocycles. The molecule has 54 heavy (non-hydrogen) atoms. The number of likely N-dealkylation sites (tertiary alicyclic amines) is 1. The van der Waals surface area contributed by atoms with Crippen LogP contribution in [0, 0.1) is 16.7 Å². The molecule has 4 saturated heterocycles. The van der Waals surface area contributed by atoms with Gasteiger partial charge in [0.25, 0.3) is 17.7 Å². The smallest absolute Gasteiger partial charge is 0.262 e. The van der Waals surface area contributed by atoms with Crippen molar-refractivity contribution >= 4 is 52.5 Å². The Morgan fingerprint density at radius 1 is 0.907 bits per heavy atom. The first-order valence-corrected chi connectivity index (χ1v) is 19.1. The number of carbonyl (C=O) groups excluding carboxylic acids is 5. The normalized spacial score (nSPS) is 23.8. The van der Waals surface area contributed by atoms with Crippen molar-refractivity contribution in [2.45, 2.75) is 70.2 Å². The lowest BCUT2D eigenvalue weighted by molar-refractivity contribution is -0.136. The average Bonchev–Trinajstić information content (AvgIpc) is 3.77. The van der Waals surface area contributed by atoms with E-state index in [1.54, 1.807) is 12.1 Å². The number of amides is 5. The Morgan fingerprint density at radius 2 is 1.56 bits per heavy atom. The minimum atomic E-state index is -0.982. The van der Waals surface area contributed by atoms with Crippen LogP contribution in [0.25, 0.3) is 0 Å². The maximum absolute atomic E-state index is 13.4. The number of anilines is 2. The van der Waals surface area contributed by atoms with Crippen molar-refractivity contribution < 1.29 is 24.0 Å². The summed E-state index contributed by atoms with van der Waals surface area (Å²) in [5.74, 6) is -2.00. The van der Waals surface area contributed by atoms with Crippen LogP contribution < -0.4 is 15.1 Å². The van der Waals surface area contributed by atoms with Crippen LogP contribution in [-0.2, 0) is 22.7 Å². The molecule has 0 saturated carbocycles. The van der Waals surface area contributed by atoms with Crippen LogP contribution in [0.1, 0.15) is 86.8 Å². The van der Waals surface area contributed by atoms with Gasteiger partial charge in [-0.3, -0.25) is 39.1 Å². The summed E-state index contributed by atoms with van der Waals surface area (Å²) in [4.78, 5) is 74.1. The van der Waals surface area contributed by atoms with Crippen molar-refractivity contribution in [3.63, 3.8) is 0 Å². The lowest BCUT2D eigenvalue weighted by Crippen LogP contribution is -2.59. The van der Waals surface area contributed by atoms with Crippen LogP contribution >= 0.6 is 11.6 Å². The first kappa shape index (κ1) is 34.5. The van der Waals surface area contributed by atoms with Crippen molar-refractivity contribution in [2.75, 3.05) is 42.5 Å². The molecule has 0 bridgehead atoms. The van der Waals surface area contributed by atoms with Gasteiger partial charge in [-0.15, -0.1) is 0 Å². The van der Waals surface area contributed by atoms with Crippen molar-refractivity contribution in [1.29, 1.82) is 5.26 Å². The lowest BCUT2D eigenvalue weighted by atomic mass is 9.76. The van der Waals surface area contributed by atoms with Gasteiger partial charge >= 0.3 is 0 Å². The molecule has 4 fully saturated rings. The number of hydrogen-bond donors (Lipinski definition) is 1. The van der Waals surface area contributed by atoms with E-state index in [0.717, 1.165) is 66.3 Å². The molecule has 5 amide bonds.